The van der Waals surface area contributed by atoms with E-state index in [0.29, 0.717) is 11.4 Å². The van der Waals surface area contributed by atoms with Gasteiger partial charge in [0, 0.05) is 16.7 Å². The van der Waals surface area contributed by atoms with Crippen LogP contribution in [0.15, 0.2) is 114 Å². The molecule has 0 spiro atoms. The van der Waals surface area contributed by atoms with Crippen molar-refractivity contribution in [2.75, 3.05) is 4.72 Å². The van der Waals surface area contributed by atoms with E-state index in [-0.39, 0.29) is 27.8 Å². The molecule has 208 valence electrons. The second-order valence-electron chi connectivity index (χ2n) is 9.14. The van der Waals surface area contributed by atoms with Gasteiger partial charge in [-0.1, -0.05) is 78.9 Å². The number of aromatic hydroxyl groups is 3. The van der Waals surface area contributed by atoms with Gasteiger partial charge >= 0.3 is 0 Å². The van der Waals surface area contributed by atoms with Crippen molar-refractivity contribution in [1.82, 2.24) is 25.0 Å². The molecule has 0 bridgehead atoms. The Bertz CT molecular complexity index is 1980. The zero-order valence-corrected chi connectivity index (χ0v) is 22.5. The summed E-state index contributed by atoms with van der Waals surface area (Å²) in [5.41, 5.74) is 2.86. The number of benzene rings is 4. The largest absolute Gasteiger partial charge is 0.504 e. The van der Waals surface area contributed by atoms with Gasteiger partial charge in [-0.3, -0.25) is 4.72 Å². The molecular formula is C30H22N6O5S. The van der Waals surface area contributed by atoms with E-state index in [0.717, 1.165) is 11.1 Å². The molecule has 0 amide bonds. The average Bonchev–Trinajstić information content (AvgIpc) is 3.43. The van der Waals surface area contributed by atoms with Crippen molar-refractivity contribution in [3.8, 4) is 56.8 Å². The van der Waals surface area contributed by atoms with Crippen molar-refractivity contribution in [2.24, 2.45) is 0 Å². The van der Waals surface area contributed by atoms with E-state index in [1.54, 1.807) is 18.2 Å². The van der Waals surface area contributed by atoms with Crippen molar-refractivity contribution >= 4 is 15.8 Å². The Balaban J connectivity index is 1.56. The second-order valence-corrected chi connectivity index (χ2v) is 10.8. The Kier molecular flexibility index (Phi) is 6.73. The zero-order chi connectivity index (χ0) is 29.3. The number of nitrogens with zero attached hydrogens (tertiary/aromatic N) is 5. The topological polar surface area (TPSA) is 163 Å². The van der Waals surface area contributed by atoms with Gasteiger partial charge in [0.05, 0.1) is 11.1 Å². The van der Waals surface area contributed by atoms with Crippen molar-refractivity contribution < 1.29 is 23.7 Å². The van der Waals surface area contributed by atoms with Crippen LogP contribution < -0.4 is 4.72 Å². The minimum absolute atomic E-state index is 0.0106. The van der Waals surface area contributed by atoms with E-state index in [4.69, 9.17) is 4.98 Å². The summed E-state index contributed by atoms with van der Waals surface area (Å²) in [6, 6.07) is 28.8. The number of hydrogen-bond donors (Lipinski definition) is 4. The molecule has 6 rings (SSSR count). The number of phenolic OH excluding ortho intramolecular Hbond substituents is 3. The molecule has 0 aliphatic heterocycles. The molecule has 12 heteroatoms. The van der Waals surface area contributed by atoms with E-state index in [2.05, 4.69) is 20.0 Å². The van der Waals surface area contributed by atoms with Crippen LogP contribution in [0.4, 0.5) is 5.82 Å². The normalized spacial score (nSPS) is 11.3. The van der Waals surface area contributed by atoms with E-state index in [9.17, 15) is 23.7 Å². The number of sulfonamides is 1. The Labute approximate surface area is 240 Å². The summed E-state index contributed by atoms with van der Waals surface area (Å²) in [5.74, 6) is -2.05. The molecule has 0 fully saturated rings. The van der Waals surface area contributed by atoms with E-state index in [1.807, 2.05) is 60.7 Å². The summed E-state index contributed by atoms with van der Waals surface area (Å²) in [7, 11) is -4.15. The third-order valence-electron chi connectivity index (χ3n) is 6.39. The molecule has 0 radical (unpaired) electrons. The van der Waals surface area contributed by atoms with Gasteiger partial charge in [-0.05, 0) is 29.8 Å². The molecule has 42 heavy (non-hydrogen) atoms. The average molecular weight is 579 g/mol. The lowest BCUT2D eigenvalue weighted by molar-refractivity contribution is 0.368. The van der Waals surface area contributed by atoms with Crippen LogP contribution in [-0.4, -0.2) is 48.7 Å². The van der Waals surface area contributed by atoms with Gasteiger partial charge in [-0.25, -0.2) is 13.4 Å². The van der Waals surface area contributed by atoms with Crippen molar-refractivity contribution in [2.45, 2.75) is 4.90 Å². The fraction of sp³-hybridized carbons (Fsp3) is 0. The lowest BCUT2D eigenvalue weighted by atomic mass is 10.0. The Morgan fingerprint density at radius 3 is 1.81 bits per heavy atom. The van der Waals surface area contributed by atoms with E-state index in [1.165, 1.54) is 35.1 Å². The van der Waals surface area contributed by atoms with Crippen LogP contribution in [-0.2, 0) is 10.0 Å². The smallest absolute Gasteiger partial charge is 0.272 e. The molecule has 11 nitrogen and oxygen atoms in total. The number of hydrogen-bond acceptors (Lipinski definition) is 9. The maximum absolute atomic E-state index is 13.4. The molecule has 0 saturated heterocycles. The molecule has 4 N–H and O–H groups in total. The zero-order valence-electron chi connectivity index (χ0n) is 21.7. The molecule has 0 saturated carbocycles. The lowest BCUT2D eigenvalue weighted by Crippen LogP contribution is -2.18. The number of phenols is 3. The van der Waals surface area contributed by atoms with Gasteiger partial charge in [0.15, 0.2) is 23.1 Å². The van der Waals surface area contributed by atoms with Gasteiger partial charge < -0.3 is 15.3 Å². The Morgan fingerprint density at radius 2 is 1.21 bits per heavy atom. The summed E-state index contributed by atoms with van der Waals surface area (Å²) in [4.78, 5) is 4.75. The van der Waals surface area contributed by atoms with Crippen LogP contribution in [0.2, 0.25) is 0 Å². The number of aromatic nitrogens is 5. The third-order valence-corrected chi connectivity index (χ3v) is 7.75. The second kappa shape index (κ2) is 10.7. The summed E-state index contributed by atoms with van der Waals surface area (Å²) < 4.78 is 30.6. The first-order valence-corrected chi connectivity index (χ1v) is 14.1. The molecule has 2 heterocycles. The fourth-order valence-electron chi connectivity index (χ4n) is 4.35. The third kappa shape index (κ3) is 4.97. The summed E-state index contributed by atoms with van der Waals surface area (Å²) in [6.45, 7) is 0. The SMILES string of the molecule is O=S(=O)(Nc1c(-c2cc(O)c(O)c(O)c2)cnn1-c1nnc(-c2ccccc2)c(-c2ccccc2)n1)c1ccccc1. The maximum atomic E-state index is 13.4. The van der Waals surface area contributed by atoms with Gasteiger partial charge in [0.25, 0.3) is 16.0 Å². The molecule has 2 aromatic heterocycles. The van der Waals surface area contributed by atoms with Crippen LogP contribution in [0, 0.1) is 0 Å². The first-order chi connectivity index (χ1) is 20.3. The predicted octanol–water partition coefficient (Wildman–Crippen LogP) is 4.98. The molecule has 0 aliphatic rings. The standard InChI is InChI=1S/C30H22N6O5S/c37-24-16-21(17-25(38)28(24)39)23-18-31-36(29(23)35-42(40,41)22-14-8-3-9-15-22)30-32-26(19-10-4-1-5-11-19)27(33-34-30)20-12-6-2-7-13-20/h1-18,35,37-39H. The van der Waals surface area contributed by atoms with Crippen LogP contribution >= 0.6 is 0 Å². The van der Waals surface area contributed by atoms with Crippen molar-refractivity contribution in [3.63, 3.8) is 0 Å². The molecule has 4 aromatic carbocycles. The highest BCUT2D eigenvalue weighted by Gasteiger charge is 2.25. The summed E-state index contributed by atoms with van der Waals surface area (Å²) in [6.07, 6.45) is 1.32. The monoisotopic (exact) mass is 578 g/mol. The van der Waals surface area contributed by atoms with Gasteiger partial charge in [0.1, 0.15) is 11.4 Å². The highest BCUT2D eigenvalue weighted by molar-refractivity contribution is 7.92. The summed E-state index contributed by atoms with van der Waals surface area (Å²) in [5, 5.41) is 43.3. The van der Waals surface area contributed by atoms with E-state index < -0.39 is 27.3 Å². The van der Waals surface area contributed by atoms with Crippen LogP contribution in [0.1, 0.15) is 0 Å². The fourth-order valence-corrected chi connectivity index (χ4v) is 5.43. The molecule has 0 aliphatic carbocycles. The predicted molar refractivity (Wildman–Crippen MR) is 156 cm³/mol. The first kappa shape index (κ1) is 26.5. The summed E-state index contributed by atoms with van der Waals surface area (Å²) >= 11 is 0. The number of rotatable bonds is 7. The van der Waals surface area contributed by atoms with Crippen molar-refractivity contribution in [1.29, 1.82) is 0 Å². The maximum Gasteiger partial charge on any atom is 0.272 e. The van der Waals surface area contributed by atoms with Gasteiger partial charge in [-0.15, -0.1) is 10.2 Å². The van der Waals surface area contributed by atoms with Crippen LogP contribution in [0.25, 0.3) is 39.6 Å². The van der Waals surface area contributed by atoms with Gasteiger partial charge in [0.2, 0.25) is 0 Å². The van der Waals surface area contributed by atoms with E-state index >= 15 is 0 Å². The minimum Gasteiger partial charge on any atom is -0.504 e. The molecule has 6 aromatic rings. The first-order valence-electron chi connectivity index (χ1n) is 12.6. The van der Waals surface area contributed by atoms with Crippen molar-refractivity contribution in [3.05, 3.63) is 109 Å². The van der Waals surface area contributed by atoms with Gasteiger partial charge in [-0.2, -0.15) is 9.78 Å². The molecular weight excluding hydrogens is 556 g/mol. The lowest BCUT2D eigenvalue weighted by Gasteiger charge is -2.14. The van der Waals surface area contributed by atoms with Crippen LogP contribution in [0.3, 0.4) is 0 Å². The van der Waals surface area contributed by atoms with Crippen LogP contribution in [0.5, 0.6) is 17.2 Å². The quantitative estimate of drug-likeness (QED) is 0.191. The molecule has 0 atom stereocenters. The Hall–Kier alpha value is -5.75. The number of anilines is 1. The Morgan fingerprint density at radius 1 is 0.667 bits per heavy atom. The highest BCUT2D eigenvalue weighted by atomic mass is 32.2. The highest BCUT2D eigenvalue weighted by Crippen LogP contribution is 2.41. The minimum atomic E-state index is -4.15. The molecule has 0 unspecified atom stereocenters. The number of nitrogens with one attached hydrogen (secondary N) is 1.